The van der Waals surface area contributed by atoms with Crippen LogP contribution in [0.1, 0.15) is 44.2 Å². The molecule has 3 heteroatoms. The Balaban J connectivity index is 1.81. The van der Waals surface area contributed by atoms with Crippen LogP contribution < -0.4 is 10.1 Å². The van der Waals surface area contributed by atoms with Crippen molar-refractivity contribution in [3.8, 4) is 5.75 Å². The Morgan fingerprint density at radius 3 is 2.74 bits per heavy atom. The molecule has 0 bridgehead atoms. The molecule has 3 nitrogen and oxygen atoms in total. The predicted octanol–water partition coefficient (Wildman–Crippen LogP) is 2.86. The lowest BCUT2D eigenvalue weighted by Gasteiger charge is -2.16. The Morgan fingerprint density at radius 2 is 2.00 bits per heavy atom. The first kappa shape index (κ1) is 13.9. The zero-order chi connectivity index (χ0) is 13.7. The lowest BCUT2D eigenvalue weighted by molar-refractivity contribution is -0.122. The van der Waals surface area contributed by atoms with Gasteiger partial charge in [-0.1, -0.05) is 6.07 Å². The van der Waals surface area contributed by atoms with Crippen molar-refractivity contribution in [3.63, 3.8) is 0 Å². The van der Waals surface area contributed by atoms with Gasteiger partial charge in [0.25, 0.3) is 0 Å². The highest BCUT2D eigenvalue weighted by Crippen LogP contribution is 2.25. The fourth-order valence-electron chi connectivity index (χ4n) is 2.46. The highest BCUT2D eigenvalue weighted by atomic mass is 16.5. The maximum absolute atomic E-state index is 11.5. The van der Waals surface area contributed by atoms with E-state index < -0.39 is 0 Å². The third-order valence-electron chi connectivity index (χ3n) is 3.37. The molecule has 1 N–H and O–H groups in total. The molecule has 0 heterocycles. The molecule has 1 aromatic rings. The summed E-state index contributed by atoms with van der Waals surface area (Å²) >= 11 is 0. The Labute approximate surface area is 115 Å². The maximum atomic E-state index is 11.5. The van der Waals surface area contributed by atoms with Gasteiger partial charge in [0.15, 0.2) is 0 Å². The van der Waals surface area contributed by atoms with Crippen molar-refractivity contribution in [2.75, 3.05) is 6.61 Å². The van der Waals surface area contributed by atoms with Gasteiger partial charge in [-0.05, 0) is 62.8 Å². The van der Waals surface area contributed by atoms with Gasteiger partial charge in [-0.3, -0.25) is 4.79 Å². The molecular formula is C16H23NO2. The number of aryl methyl sites for hydroxylation is 2. The topological polar surface area (TPSA) is 38.3 Å². The minimum absolute atomic E-state index is 0.0490. The minimum atomic E-state index is 0.0490. The molecule has 104 valence electrons. The molecule has 0 aliphatic heterocycles. The van der Waals surface area contributed by atoms with Crippen molar-refractivity contribution in [2.24, 2.45) is 0 Å². The standard InChI is InChI=1S/C16H23NO2/c1-12(2)17-16(18)9-10-19-15-8-7-13-5-3-4-6-14(13)11-15/h7-8,11-12H,3-6,9-10H2,1-2H3,(H,17,18). The van der Waals surface area contributed by atoms with E-state index in [9.17, 15) is 4.79 Å². The first-order valence-electron chi connectivity index (χ1n) is 7.19. The molecule has 0 saturated carbocycles. The Morgan fingerprint density at radius 1 is 1.26 bits per heavy atom. The Kier molecular flexibility index (Phi) is 4.83. The monoisotopic (exact) mass is 261 g/mol. The molecule has 1 amide bonds. The largest absolute Gasteiger partial charge is 0.493 e. The van der Waals surface area contributed by atoms with Crippen LogP contribution in [0.2, 0.25) is 0 Å². The summed E-state index contributed by atoms with van der Waals surface area (Å²) in [7, 11) is 0. The molecule has 0 radical (unpaired) electrons. The number of hydrogen-bond donors (Lipinski definition) is 1. The van der Waals surface area contributed by atoms with E-state index in [1.54, 1.807) is 0 Å². The molecule has 1 aliphatic carbocycles. The van der Waals surface area contributed by atoms with Crippen LogP contribution in [-0.4, -0.2) is 18.6 Å². The molecular weight excluding hydrogens is 238 g/mol. The average molecular weight is 261 g/mol. The predicted molar refractivity (Wildman–Crippen MR) is 76.5 cm³/mol. The van der Waals surface area contributed by atoms with E-state index in [2.05, 4.69) is 17.4 Å². The van der Waals surface area contributed by atoms with Crippen LogP contribution in [-0.2, 0) is 17.6 Å². The number of benzene rings is 1. The van der Waals surface area contributed by atoms with Gasteiger partial charge in [-0.25, -0.2) is 0 Å². The quantitative estimate of drug-likeness (QED) is 0.885. The van der Waals surface area contributed by atoms with E-state index in [1.165, 1.54) is 30.4 Å². The van der Waals surface area contributed by atoms with Crippen LogP contribution in [0, 0.1) is 0 Å². The molecule has 0 unspecified atom stereocenters. The molecule has 2 rings (SSSR count). The number of carbonyl (C=O) groups excluding carboxylic acids is 1. The van der Waals surface area contributed by atoms with E-state index in [-0.39, 0.29) is 11.9 Å². The number of fused-ring (bicyclic) bond motifs is 1. The smallest absolute Gasteiger partial charge is 0.223 e. The van der Waals surface area contributed by atoms with Gasteiger partial charge in [-0.15, -0.1) is 0 Å². The van der Waals surface area contributed by atoms with Gasteiger partial charge in [0.1, 0.15) is 5.75 Å². The summed E-state index contributed by atoms with van der Waals surface area (Å²) in [6.07, 6.45) is 5.32. The van der Waals surface area contributed by atoms with Crippen molar-refractivity contribution in [1.29, 1.82) is 0 Å². The van der Waals surface area contributed by atoms with Crippen LogP contribution in [0.3, 0.4) is 0 Å². The fourth-order valence-corrected chi connectivity index (χ4v) is 2.46. The SMILES string of the molecule is CC(C)NC(=O)CCOc1ccc2c(c1)CCCC2. The summed E-state index contributed by atoms with van der Waals surface area (Å²) < 4.78 is 5.66. The molecule has 1 aliphatic rings. The lowest BCUT2D eigenvalue weighted by Crippen LogP contribution is -2.31. The third-order valence-corrected chi connectivity index (χ3v) is 3.37. The van der Waals surface area contributed by atoms with Crippen LogP contribution >= 0.6 is 0 Å². The van der Waals surface area contributed by atoms with E-state index in [4.69, 9.17) is 4.74 Å². The van der Waals surface area contributed by atoms with Crippen molar-refractivity contribution in [3.05, 3.63) is 29.3 Å². The summed E-state index contributed by atoms with van der Waals surface area (Å²) in [5.41, 5.74) is 2.87. The molecule has 0 saturated heterocycles. The van der Waals surface area contributed by atoms with Gasteiger partial charge in [0.2, 0.25) is 5.91 Å². The highest BCUT2D eigenvalue weighted by molar-refractivity contribution is 5.76. The summed E-state index contributed by atoms with van der Waals surface area (Å²) in [6.45, 7) is 4.36. The minimum Gasteiger partial charge on any atom is -0.493 e. The number of nitrogens with one attached hydrogen (secondary N) is 1. The zero-order valence-corrected chi connectivity index (χ0v) is 11.9. The Bertz CT molecular complexity index is 440. The number of rotatable bonds is 5. The molecule has 0 fully saturated rings. The second-order valence-electron chi connectivity index (χ2n) is 5.46. The van der Waals surface area contributed by atoms with Crippen LogP contribution in [0.25, 0.3) is 0 Å². The van der Waals surface area contributed by atoms with Crippen LogP contribution in [0.5, 0.6) is 5.75 Å². The second-order valence-corrected chi connectivity index (χ2v) is 5.46. The van der Waals surface area contributed by atoms with Crippen molar-refractivity contribution in [1.82, 2.24) is 5.32 Å². The number of carbonyl (C=O) groups is 1. The van der Waals surface area contributed by atoms with Gasteiger partial charge in [0.05, 0.1) is 13.0 Å². The molecule has 19 heavy (non-hydrogen) atoms. The zero-order valence-electron chi connectivity index (χ0n) is 11.9. The summed E-state index contributed by atoms with van der Waals surface area (Å²) in [6, 6.07) is 6.51. The summed E-state index contributed by atoms with van der Waals surface area (Å²) in [5.74, 6) is 0.936. The summed E-state index contributed by atoms with van der Waals surface area (Å²) in [4.78, 5) is 11.5. The van der Waals surface area contributed by atoms with E-state index >= 15 is 0 Å². The molecule has 0 atom stereocenters. The summed E-state index contributed by atoms with van der Waals surface area (Å²) in [5, 5.41) is 2.86. The lowest BCUT2D eigenvalue weighted by atomic mass is 9.92. The highest BCUT2D eigenvalue weighted by Gasteiger charge is 2.10. The van der Waals surface area contributed by atoms with E-state index in [0.717, 1.165) is 12.2 Å². The normalized spacial score (nSPS) is 14.1. The second kappa shape index (κ2) is 6.60. The van der Waals surface area contributed by atoms with E-state index in [0.29, 0.717) is 13.0 Å². The van der Waals surface area contributed by atoms with Crippen molar-refractivity contribution >= 4 is 5.91 Å². The molecule has 0 aromatic heterocycles. The van der Waals surface area contributed by atoms with Gasteiger partial charge in [0, 0.05) is 6.04 Å². The van der Waals surface area contributed by atoms with Crippen molar-refractivity contribution in [2.45, 2.75) is 52.0 Å². The first-order valence-corrected chi connectivity index (χ1v) is 7.19. The third kappa shape index (κ3) is 4.27. The van der Waals surface area contributed by atoms with Crippen molar-refractivity contribution < 1.29 is 9.53 Å². The Hall–Kier alpha value is -1.51. The molecule has 0 spiro atoms. The van der Waals surface area contributed by atoms with Gasteiger partial charge >= 0.3 is 0 Å². The van der Waals surface area contributed by atoms with Gasteiger partial charge < -0.3 is 10.1 Å². The van der Waals surface area contributed by atoms with Crippen LogP contribution in [0.15, 0.2) is 18.2 Å². The average Bonchev–Trinajstić information content (AvgIpc) is 2.37. The fraction of sp³-hybridized carbons (Fsp3) is 0.562. The maximum Gasteiger partial charge on any atom is 0.223 e. The van der Waals surface area contributed by atoms with E-state index in [1.807, 2.05) is 19.9 Å². The number of hydrogen-bond acceptors (Lipinski definition) is 2. The molecule has 1 aromatic carbocycles. The van der Waals surface area contributed by atoms with Gasteiger partial charge in [-0.2, -0.15) is 0 Å². The number of ether oxygens (including phenoxy) is 1. The van der Waals surface area contributed by atoms with Crippen LogP contribution in [0.4, 0.5) is 0 Å². The number of amides is 1. The first-order chi connectivity index (χ1) is 9.15.